The highest BCUT2D eigenvalue weighted by molar-refractivity contribution is 5.93. The molecule has 1 amide bonds. The zero-order chi connectivity index (χ0) is 21.3. The summed E-state index contributed by atoms with van der Waals surface area (Å²) in [7, 11) is 0. The monoisotopic (exact) mass is 413 g/mol. The highest BCUT2D eigenvalue weighted by atomic mass is 16.6. The van der Waals surface area contributed by atoms with Crippen LogP contribution in [0.1, 0.15) is 37.0 Å². The molecule has 3 rings (SSSR count). The second-order valence-electron chi connectivity index (χ2n) is 6.93. The molecule has 1 aliphatic carbocycles. The van der Waals surface area contributed by atoms with Crippen molar-refractivity contribution < 1.29 is 28.5 Å². The number of benzene rings is 2. The minimum absolute atomic E-state index is 0.213. The van der Waals surface area contributed by atoms with Gasteiger partial charge in [0.1, 0.15) is 19.0 Å². The molecule has 0 heterocycles. The first-order valence-corrected chi connectivity index (χ1v) is 10.2. The molecule has 2 aromatic carbocycles. The third kappa shape index (κ3) is 6.40. The fraction of sp³-hybridized carbons (Fsp3) is 0.391. The number of nitrogens with one attached hydrogen (secondary N) is 1. The van der Waals surface area contributed by atoms with Gasteiger partial charge in [0.2, 0.25) is 0 Å². The Morgan fingerprint density at radius 3 is 2.43 bits per heavy atom. The van der Waals surface area contributed by atoms with Crippen LogP contribution in [0.2, 0.25) is 0 Å². The third-order valence-electron chi connectivity index (χ3n) is 4.41. The fourth-order valence-electron chi connectivity index (χ4n) is 2.68. The van der Waals surface area contributed by atoms with E-state index in [2.05, 4.69) is 5.32 Å². The molecule has 0 saturated heterocycles. The summed E-state index contributed by atoms with van der Waals surface area (Å²) in [5.74, 6) is 0.831. The summed E-state index contributed by atoms with van der Waals surface area (Å²) >= 11 is 0. The Hall–Kier alpha value is -3.22. The summed E-state index contributed by atoms with van der Waals surface area (Å²) in [6.45, 7) is 4.50. The third-order valence-corrected chi connectivity index (χ3v) is 4.41. The first-order valence-electron chi connectivity index (χ1n) is 10.2. The molecule has 1 unspecified atom stereocenters. The molecule has 0 bridgehead atoms. The van der Waals surface area contributed by atoms with Crippen molar-refractivity contribution in [2.45, 2.75) is 38.8 Å². The lowest BCUT2D eigenvalue weighted by Crippen LogP contribution is -2.37. The molecule has 0 radical (unpaired) electrons. The SMILES string of the molecule is CCOc1cc(C(=O)OC(C)C(=O)NC2CC2)ccc1OCCOc1ccccc1. The Morgan fingerprint density at radius 1 is 1.00 bits per heavy atom. The molecule has 1 fully saturated rings. The minimum atomic E-state index is -0.861. The van der Waals surface area contributed by atoms with E-state index < -0.39 is 12.1 Å². The van der Waals surface area contributed by atoms with Crippen LogP contribution in [0.15, 0.2) is 48.5 Å². The van der Waals surface area contributed by atoms with E-state index in [1.165, 1.54) is 0 Å². The van der Waals surface area contributed by atoms with Crippen molar-refractivity contribution >= 4 is 11.9 Å². The molecule has 0 spiro atoms. The van der Waals surface area contributed by atoms with Gasteiger partial charge in [0.05, 0.1) is 12.2 Å². The standard InChI is InChI=1S/C23H27NO6/c1-3-27-21-15-17(23(26)30-16(2)22(25)24-18-10-11-18)9-12-20(21)29-14-13-28-19-7-5-4-6-8-19/h4-9,12,15-16,18H,3,10-11,13-14H2,1-2H3,(H,24,25). The summed E-state index contributed by atoms with van der Waals surface area (Å²) in [5.41, 5.74) is 0.289. The molecule has 1 saturated carbocycles. The fourth-order valence-corrected chi connectivity index (χ4v) is 2.68. The van der Waals surface area contributed by atoms with Gasteiger partial charge in [0.25, 0.3) is 5.91 Å². The summed E-state index contributed by atoms with van der Waals surface area (Å²) in [5, 5.41) is 2.82. The number of ether oxygens (including phenoxy) is 4. The maximum Gasteiger partial charge on any atom is 0.339 e. The van der Waals surface area contributed by atoms with Gasteiger partial charge in [-0.15, -0.1) is 0 Å². The molecular weight excluding hydrogens is 386 g/mol. The molecule has 7 heteroatoms. The summed E-state index contributed by atoms with van der Waals surface area (Å²) in [6.07, 6.45) is 1.09. The Morgan fingerprint density at radius 2 is 1.73 bits per heavy atom. The van der Waals surface area contributed by atoms with Gasteiger partial charge in [-0.3, -0.25) is 4.79 Å². The predicted octanol–water partition coefficient (Wildman–Crippen LogP) is 3.37. The Kier molecular flexibility index (Phi) is 7.54. The van der Waals surface area contributed by atoms with Crippen LogP contribution < -0.4 is 19.5 Å². The number of para-hydroxylation sites is 1. The first-order chi connectivity index (χ1) is 14.6. The van der Waals surface area contributed by atoms with E-state index in [9.17, 15) is 9.59 Å². The molecule has 2 aromatic rings. The van der Waals surface area contributed by atoms with Crippen molar-refractivity contribution in [1.82, 2.24) is 5.32 Å². The van der Waals surface area contributed by atoms with Gasteiger partial charge in [-0.1, -0.05) is 18.2 Å². The number of amides is 1. The second-order valence-corrected chi connectivity index (χ2v) is 6.93. The van der Waals surface area contributed by atoms with Crippen LogP contribution >= 0.6 is 0 Å². The molecule has 30 heavy (non-hydrogen) atoms. The molecule has 0 aliphatic heterocycles. The average Bonchev–Trinajstić information content (AvgIpc) is 3.57. The Labute approximate surface area is 176 Å². The lowest BCUT2D eigenvalue weighted by Gasteiger charge is -2.15. The van der Waals surface area contributed by atoms with Crippen molar-refractivity contribution in [3.63, 3.8) is 0 Å². The van der Waals surface area contributed by atoms with Crippen LogP contribution in [0.4, 0.5) is 0 Å². The molecule has 7 nitrogen and oxygen atoms in total. The average molecular weight is 413 g/mol. The van der Waals surface area contributed by atoms with Gasteiger partial charge >= 0.3 is 5.97 Å². The van der Waals surface area contributed by atoms with E-state index in [-0.39, 0.29) is 17.5 Å². The molecule has 160 valence electrons. The normalized spacial score (nSPS) is 13.8. The van der Waals surface area contributed by atoms with Gasteiger partial charge < -0.3 is 24.3 Å². The van der Waals surface area contributed by atoms with Crippen LogP contribution in [0.5, 0.6) is 17.2 Å². The predicted molar refractivity (Wildman–Crippen MR) is 111 cm³/mol. The van der Waals surface area contributed by atoms with Gasteiger partial charge in [-0.05, 0) is 57.0 Å². The Balaban J connectivity index is 1.55. The number of hydrogen-bond donors (Lipinski definition) is 1. The van der Waals surface area contributed by atoms with E-state index >= 15 is 0 Å². The van der Waals surface area contributed by atoms with E-state index in [0.717, 1.165) is 18.6 Å². The van der Waals surface area contributed by atoms with Crippen LogP contribution in [0.25, 0.3) is 0 Å². The smallest absolute Gasteiger partial charge is 0.339 e. The zero-order valence-corrected chi connectivity index (χ0v) is 17.3. The summed E-state index contributed by atoms with van der Waals surface area (Å²) in [6, 6.07) is 14.5. The minimum Gasteiger partial charge on any atom is -0.490 e. The molecule has 0 aromatic heterocycles. The molecule has 1 aliphatic rings. The number of rotatable bonds is 11. The quantitative estimate of drug-likeness (QED) is 0.449. The van der Waals surface area contributed by atoms with Crippen LogP contribution in [-0.4, -0.2) is 43.8 Å². The number of carbonyl (C=O) groups excluding carboxylic acids is 2. The van der Waals surface area contributed by atoms with Crippen molar-refractivity contribution in [3.05, 3.63) is 54.1 Å². The van der Waals surface area contributed by atoms with Gasteiger partial charge in [-0.2, -0.15) is 0 Å². The zero-order valence-electron chi connectivity index (χ0n) is 17.3. The number of hydrogen-bond acceptors (Lipinski definition) is 6. The second kappa shape index (κ2) is 10.5. The highest BCUT2D eigenvalue weighted by Gasteiger charge is 2.27. The van der Waals surface area contributed by atoms with E-state index in [0.29, 0.717) is 31.3 Å². The van der Waals surface area contributed by atoms with Gasteiger partial charge in [0.15, 0.2) is 17.6 Å². The van der Waals surface area contributed by atoms with Gasteiger partial charge in [0, 0.05) is 6.04 Å². The first kappa shape index (κ1) is 21.5. The van der Waals surface area contributed by atoms with Crippen molar-refractivity contribution in [2.24, 2.45) is 0 Å². The highest BCUT2D eigenvalue weighted by Crippen LogP contribution is 2.29. The lowest BCUT2D eigenvalue weighted by atomic mass is 10.2. The van der Waals surface area contributed by atoms with Crippen LogP contribution in [0.3, 0.4) is 0 Å². The Bertz CT molecular complexity index is 850. The maximum absolute atomic E-state index is 12.4. The largest absolute Gasteiger partial charge is 0.490 e. The number of carbonyl (C=O) groups is 2. The van der Waals surface area contributed by atoms with Crippen LogP contribution in [-0.2, 0) is 9.53 Å². The maximum atomic E-state index is 12.4. The van der Waals surface area contributed by atoms with E-state index in [1.54, 1.807) is 25.1 Å². The molecule has 1 N–H and O–H groups in total. The van der Waals surface area contributed by atoms with Crippen molar-refractivity contribution in [1.29, 1.82) is 0 Å². The van der Waals surface area contributed by atoms with Crippen LogP contribution in [0, 0.1) is 0 Å². The molecular formula is C23H27NO6. The topological polar surface area (TPSA) is 83.1 Å². The van der Waals surface area contributed by atoms with Crippen molar-refractivity contribution in [3.8, 4) is 17.2 Å². The van der Waals surface area contributed by atoms with Crippen molar-refractivity contribution in [2.75, 3.05) is 19.8 Å². The summed E-state index contributed by atoms with van der Waals surface area (Å²) in [4.78, 5) is 24.4. The molecule has 1 atom stereocenters. The number of esters is 1. The lowest BCUT2D eigenvalue weighted by molar-refractivity contribution is -0.129. The van der Waals surface area contributed by atoms with E-state index in [1.807, 2.05) is 37.3 Å². The summed E-state index contributed by atoms with van der Waals surface area (Å²) < 4.78 is 22.2. The van der Waals surface area contributed by atoms with Gasteiger partial charge in [-0.25, -0.2) is 4.79 Å². The van der Waals surface area contributed by atoms with E-state index in [4.69, 9.17) is 18.9 Å².